The lowest BCUT2D eigenvalue weighted by atomic mass is 9.49. The molecular weight excluding hydrogens is 737 g/mol. The summed E-state index contributed by atoms with van der Waals surface area (Å²) >= 11 is 0. The number of para-hydroxylation sites is 3. The van der Waals surface area contributed by atoms with Crippen LogP contribution in [-0.4, -0.2) is 4.57 Å². The summed E-state index contributed by atoms with van der Waals surface area (Å²) in [5, 5.41) is 2.56. The molecule has 1 heterocycles. The maximum Gasteiger partial charge on any atom is 0.0543 e. The van der Waals surface area contributed by atoms with Crippen molar-refractivity contribution in [2.75, 3.05) is 4.90 Å². The number of nitrogens with zero attached hydrogens (tertiary/aromatic N) is 2. The maximum atomic E-state index is 2.57. The zero-order valence-electron chi connectivity index (χ0n) is 35.0. The SMILES string of the molecule is C[C@H]1C[C@@H]2C[C@H](C1)C1(c3ccccc3-c3c(N(c4ccc(-c5cccc(-n6c7ccccc7c7ccccc76)c5)cc4)c4ccccc4-c4ccccc4)cccc31)[C@H](C)C2. The normalized spacial score (nSPS) is 21.4. The van der Waals surface area contributed by atoms with Crippen molar-refractivity contribution in [1.29, 1.82) is 0 Å². The molecule has 1 aromatic heterocycles. The van der Waals surface area contributed by atoms with Crippen LogP contribution in [0.25, 0.3) is 60.9 Å². The van der Waals surface area contributed by atoms with Crippen LogP contribution in [-0.2, 0) is 5.41 Å². The van der Waals surface area contributed by atoms with Gasteiger partial charge in [0.05, 0.1) is 22.4 Å². The van der Waals surface area contributed by atoms with E-state index in [0.29, 0.717) is 11.8 Å². The molecule has 1 unspecified atom stereocenters. The Morgan fingerprint density at radius 1 is 0.475 bits per heavy atom. The summed E-state index contributed by atoms with van der Waals surface area (Å²) in [4.78, 5) is 2.56. The molecule has 12 rings (SSSR count). The first kappa shape index (κ1) is 36.2. The molecule has 61 heavy (non-hydrogen) atoms. The number of fused-ring (bicyclic) bond motifs is 11. The fourth-order valence-electron chi connectivity index (χ4n) is 12.7. The van der Waals surface area contributed by atoms with Crippen LogP contribution in [0.1, 0.15) is 50.7 Å². The van der Waals surface area contributed by atoms with Gasteiger partial charge in [-0.15, -0.1) is 0 Å². The molecule has 8 aromatic carbocycles. The molecule has 2 saturated carbocycles. The van der Waals surface area contributed by atoms with E-state index in [0.717, 1.165) is 17.5 Å². The minimum absolute atomic E-state index is 0.0168. The number of benzene rings is 8. The quantitative estimate of drug-likeness (QED) is 0.163. The standard InChI is InChI=1S/C59H50N2/c1-39-34-41-36-40(2)59(45(35-39)37-41)52-24-10-6-23-51(52)58-53(59)25-15-29-57(58)60(54-26-11-7-20-48(54)43-16-4-3-5-17-43)46-32-30-42(31-33-46)44-18-14-19-47(38-44)61-55-27-12-8-21-49(55)50-22-9-13-28-56(50)61/h3-33,38-41,45H,34-37H2,1-2H3/t39-,40+,41-,45-,59?/m0/s1. The zero-order chi connectivity index (χ0) is 40.7. The van der Waals surface area contributed by atoms with Crippen LogP contribution in [0.4, 0.5) is 17.1 Å². The van der Waals surface area contributed by atoms with Crippen LogP contribution < -0.4 is 4.90 Å². The number of hydrogen-bond donors (Lipinski definition) is 0. The third-order valence-electron chi connectivity index (χ3n) is 14.9. The molecule has 1 spiro atoms. The molecule has 9 aromatic rings. The Balaban J connectivity index is 1.03. The van der Waals surface area contributed by atoms with Gasteiger partial charge in [0.2, 0.25) is 0 Å². The largest absolute Gasteiger partial charge is 0.309 e. The summed E-state index contributed by atoms with van der Waals surface area (Å²) in [5.74, 6) is 2.82. The van der Waals surface area contributed by atoms with Crippen LogP contribution >= 0.6 is 0 Å². The van der Waals surface area contributed by atoms with Crippen LogP contribution in [0, 0.1) is 23.7 Å². The average molecular weight is 787 g/mol. The molecule has 0 radical (unpaired) electrons. The van der Waals surface area contributed by atoms with E-state index in [1.807, 2.05) is 0 Å². The van der Waals surface area contributed by atoms with Gasteiger partial charge in [-0.3, -0.25) is 0 Å². The molecule has 0 aliphatic heterocycles. The first-order valence-corrected chi connectivity index (χ1v) is 22.4. The van der Waals surface area contributed by atoms with Crippen molar-refractivity contribution in [3.63, 3.8) is 0 Å². The third-order valence-corrected chi connectivity index (χ3v) is 14.9. The highest BCUT2D eigenvalue weighted by atomic mass is 15.1. The van der Waals surface area contributed by atoms with Gasteiger partial charge in [-0.1, -0.05) is 159 Å². The van der Waals surface area contributed by atoms with E-state index < -0.39 is 0 Å². The molecule has 3 aliphatic rings. The highest BCUT2D eigenvalue weighted by Gasteiger charge is 2.57. The Hall–Kier alpha value is -6.64. The number of hydrogen-bond acceptors (Lipinski definition) is 1. The van der Waals surface area contributed by atoms with E-state index >= 15 is 0 Å². The van der Waals surface area contributed by atoms with Crippen LogP contribution in [0.15, 0.2) is 194 Å². The molecule has 296 valence electrons. The number of rotatable bonds is 6. The van der Waals surface area contributed by atoms with Crippen molar-refractivity contribution in [3.05, 3.63) is 205 Å². The fourth-order valence-corrected chi connectivity index (χ4v) is 12.7. The van der Waals surface area contributed by atoms with Crippen molar-refractivity contribution in [1.82, 2.24) is 4.57 Å². The molecule has 2 heteroatoms. The lowest BCUT2D eigenvalue weighted by molar-refractivity contribution is 0.0426. The summed E-state index contributed by atoms with van der Waals surface area (Å²) in [6.07, 6.45) is 5.33. The van der Waals surface area contributed by atoms with Crippen LogP contribution in [0.3, 0.4) is 0 Å². The summed E-state index contributed by atoms with van der Waals surface area (Å²) < 4.78 is 2.41. The summed E-state index contributed by atoms with van der Waals surface area (Å²) in [6, 6.07) is 72.5. The number of anilines is 3. The summed E-state index contributed by atoms with van der Waals surface area (Å²) in [6.45, 7) is 5.08. The minimum Gasteiger partial charge on any atom is -0.309 e. The van der Waals surface area contributed by atoms with Gasteiger partial charge in [0.25, 0.3) is 0 Å². The highest BCUT2D eigenvalue weighted by Crippen LogP contribution is 2.66. The minimum atomic E-state index is 0.0168. The second-order valence-electron chi connectivity index (χ2n) is 18.3. The molecule has 2 bridgehead atoms. The van der Waals surface area contributed by atoms with Crippen LogP contribution in [0.5, 0.6) is 0 Å². The second-order valence-corrected chi connectivity index (χ2v) is 18.3. The summed E-state index contributed by atoms with van der Waals surface area (Å²) in [5.41, 5.74) is 18.0. The van der Waals surface area contributed by atoms with Crippen LogP contribution in [0.2, 0.25) is 0 Å². The van der Waals surface area contributed by atoms with Gasteiger partial charge in [0, 0.05) is 38.7 Å². The van der Waals surface area contributed by atoms with E-state index in [2.05, 4.69) is 217 Å². The fraction of sp³-hybridized carbons (Fsp3) is 0.186. The van der Waals surface area contributed by atoms with Gasteiger partial charge in [0.1, 0.15) is 0 Å². The lowest BCUT2D eigenvalue weighted by Gasteiger charge is -2.54. The Bertz CT molecular complexity index is 3040. The van der Waals surface area contributed by atoms with E-state index in [-0.39, 0.29) is 5.41 Å². The first-order chi connectivity index (χ1) is 30.1. The first-order valence-electron chi connectivity index (χ1n) is 22.4. The zero-order valence-corrected chi connectivity index (χ0v) is 35.0. The molecule has 5 atom stereocenters. The van der Waals surface area contributed by atoms with Crippen molar-refractivity contribution in [2.45, 2.75) is 44.9 Å². The van der Waals surface area contributed by atoms with Crippen molar-refractivity contribution in [2.24, 2.45) is 23.7 Å². The molecule has 0 N–H and O–H groups in total. The van der Waals surface area contributed by atoms with Gasteiger partial charge in [0.15, 0.2) is 0 Å². The predicted octanol–water partition coefficient (Wildman–Crippen LogP) is 15.9. The lowest BCUT2D eigenvalue weighted by Crippen LogP contribution is -2.49. The van der Waals surface area contributed by atoms with Gasteiger partial charge in [-0.2, -0.15) is 0 Å². The highest BCUT2D eigenvalue weighted by molar-refractivity contribution is 6.09. The topological polar surface area (TPSA) is 8.17 Å². The van der Waals surface area contributed by atoms with E-state index in [1.165, 1.54) is 103 Å². The molecule has 2 fully saturated rings. The van der Waals surface area contributed by atoms with Crippen molar-refractivity contribution in [3.8, 4) is 39.1 Å². The second kappa shape index (κ2) is 14.2. The van der Waals surface area contributed by atoms with E-state index in [9.17, 15) is 0 Å². The van der Waals surface area contributed by atoms with Crippen molar-refractivity contribution >= 4 is 38.9 Å². The Kier molecular flexibility index (Phi) is 8.46. The molecule has 3 aliphatic carbocycles. The van der Waals surface area contributed by atoms with E-state index in [4.69, 9.17) is 0 Å². The molecular formula is C59H50N2. The van der Waals surface area contributed by atoms with Gasteiger partial charge < -0.3 is 9.47 Å². The van der Waals surface area contributed by atoms with E-state index in [1.54, 1.807) is 5.56 Å². The Morgan fingerprint density at radius 2 is 1.10 bits per heavy atom. The van der Waals surface area contributed by atoms with Gasteiger partial charge in [-0.25, -0.2) is 0 Å². The molecule has 2 nitrogen and oxygen atoms in total. The molecule has 0 amide bonds. The average Bonchev–Trinajstić information content (AvgIpc) is 3.81. The third kappa shape index (κ3) is 5.54. The smallest absolute Gasteiger partial charge is 0.0543 e. The van der Waals surface area contributed by atoms with Gasteiger partial charge >= 0.3 is 0 Å². The Labute approximate surface area is 359 Å². The summed E-state index contributed by atoms with van der Waals surface area (Å²) in [7, 11) is 0. The predicted molar refractivity (Wildman–Crippen MR) is 256 cm³/mol. The number of aromatic nitrogens is 1. The van der Waals surface area contributed by atoms with Gasteiger partial charge in [-0.05, 0) is 131 Å². The Morgan fingerprint density at radius 3 is 1.89 bits per heavy atom. The monoisotopic (exact) mass is 786 g/mol. The maximum absolute atomic E-state index is 2.57. The van der Waals surface area contributed by atoms with Crippen molar-refractivity contribution < 1.29 is 0 Å². The molecule has 0 saturated heterocycles.